The number of ether oxygens (including phenoxy) is 2. The number of rotatable bonds is 5. The number of benzene rings is 1. The van der Waals surface area contributed by atoms with Gasteiger partial charge in [0.15, 0.2) is 0 Å². The summed E-state index contributed by atoms with van der Waals surface area (Å²) in [5.74, 6) is 1.12. The Bertz CT molecular complexity index is 617. The van der Waals surface area contributed by atoms with E-state index in [9.17, 15) is 4.79 Å². The second kappa shape index (κ2) is 7.09. The van der Waals surface area contributed by atoms with Crippen LogP contribution >= 0.6 is 0 Å². The quantitative estimate of drug-likeness (QED) is 0.858. The molecule has 108 valence electrons. The van der Waals surface area contributed by atoms with E-state index < -0.39 is 0 Å². The smallest absolute Gasteiger partial charge is 0.248 e. The van der Waals surface area contributed by atoms with Gasteiger partial charge in [-0.05, 0) is 35.9 Å². The molecule has 0 aliphatic heterocycles. The van der Waals surface area contributed by atoms with Crippen LogP contribution in [0.5, 0.6) is 11.5 Å². The molecular weight excluding hydrogens is 268 g/mol. The van der Waals surface area contributed by atoms with Crippen molar-refractivity contribution in [3.05, 3.63) is 54.4 Å². The van der Waals surface area contributed by atoms with Gasteiger partial charge in [-0.3, -0.25) is 9.78 Å². The van der Waals surface area contributed by atoms with E-state index in [0.29, 0.717) is 17.2 Å². The van der Waals surface area contributed by atoms with Crippen LogP contribution in [-0.4, -0.2) is 25.1 Å². The van der Waals surface area contributed by atoms with Gasteiger partial charge in [-0.2, -0.15) is 0 Å². The maximum absolute atomic E-state index is 11.8. The summed E-state index contributed by atoms with van der Waals surface area (Å²) < 4.78 is 10.4. The predicted molar refractivity (Wildman–Crippen MR) is 81.4 cm³/mol. The monoisotopic (exact) mass is 284 g/mol. The number of methoxy groups -OCH3 is 2. The van der Waals surface area contributed by atoms with Gasteiger partial charge < -0.3 is 14.8 Å². The average Bonchev–Trinajstić information content (AvgIpc) is 2.53. The zero-order chi connectivity index (χ0) is 15.1. The molecule has 1 heterocycles. The summed E-state index contributed by atoms with van der Waals surface area (Å²) in [5.41, 5.74) is 1.51. The Morgan fingerprint density at radius 3 is 2.29 bits per heavy atom. The Balaban J connectivity index is 2.08. The zero-order valence-electron chi connectivity index (χ0n) is 11.9. The molecule has 5 heteroatoms. The van der Waals surface area contributed by atoms with E-state index in [2.05, 4.69) is 10.3 Å². The molecule has 2 rings (SSSR count). The summed E-state index contributed by atoms with van der Waals surface area (Å²) in [5, 5.41) is 2.74. The van der Waals surface area contributed by atoms with Crippen LogP contribution in [-0.2, 0) is 4.79 Å². The first-order valence-corrected chi connectivity index (χ1v) is 6.33. The third-order valence-corrected chi connectivity index (χ3v) is 2.75. The van der Waals surface area contributed by atoms with Gasteiger partial charge in [0.1, 0.15) is 11.5 Å². The topological polar surface area (TPSA) is 60.5 Å². The lowest BCUT2D eigenvalue weighted by Crippen LogP contribution is -2.07. The second-order valence-corrected chi connectivity index (χ2v) is 4.20. The molecule has 0 aliphatic rings. The summed E-state index contributed by atoms with van der Waals surface area (Å²) in [6, 6.07) is 8.85. The molecule has 0 radical (unpaired) electrons. The molecule has 0 saturated carbocycles. The first-order chi connectivity index (χ1) is 10.2. The van der Waals surface area contributed by atoms with Gasteiger partial charge in [0, 0.05) is 30.2 Å². The third-order valence-electron chi connectivity index (χ3n) is 2.75. The highest BCUT2D eigenvalue weighted by molar-refractivity contribution is 6.01. The average molecular weight is 284 g/mol. The van der Waals surface area contributed by atoms with Crippen LogP contribution in [0.4, 0.5) is 5.69 Å². The first kappa shape index (κ1) is 14.6. The van der Waals surface area contributed by atoms with E-state index in [1.165, 1.54) is 6.08 Å². The first-order valence-electron chi connectivity index (χ1n) is 6.33. The Hall–Kier alpha value is -2.82. The van der Waals surface area contributed by atoms with Gasteiger partial charge in [0.25, 0.3) is 0 Å². The molecule has 21 heavy (non-hydrogen) atoms. The number of hydrogen-bond donors (Lipinski definition) is 1. The second-order valence-electron chi connectivity index (χ2n) is 4.20. The predicted octanol–water partition coefficient (Wildman–Crippen LogP) is 2.75. The number of anilines is 1. The summed E-state index contributed by atoms with van der Waals surface area (Å²) in [6.45, 7) is 0. The fourth-order valence-corrected chi connectivity index (χ4v) is 1.72. The van der Waals surface area contributed by atoms with Gasteiger partial charge in [0.05, 0.1) is 14.2 Å². The lowest BCUT2D eigenvalue weighted by molar-refractivity contribution is -0.111. The van der Waals surface area contributed by atoms with Crippen molar-refractivity contribution in [3.63, 3.8) is 0 Å². The van der Waals surface area contributed by atoms with Crippen molar-refractivity contribution >= 4 is 17.7 Å². The number of carbonyl (C=O) groups excluding carboxylic acids is 1. The Labute approximate surface area is 123 Å². The molecular formula is C16H16N2O3. The van der Waals surface area contributed by atoms with Gasteiger partial charge in [-0.15, -0.1) is 0 Å². The van der Waals surface area contributed by atoms with Gasteiger partial charge >= 0.3 is 0 Å². The summed E-state index contributed by atoms with van der Waals surface area (Å²) in [6.07, 6.45) is 6.38. The number of aromatic nitrogens is 1. The van der Waals surface area contributed by atoms with E-state index >= 15 is 0 Å². The van der Waals surface area contributed by atoms with Crippen LogP contribution in [0.1, 0.15) is 5.56 Å². The molecule has 1 amide bonds. The minimum atomic E-state index is -0.219. The van der Waals surface area contributed by atoms with Crippen molar-refractivity contribution in [1.29, 1.82) is 0 Å². The molecule has 1 N–H and O–H groups in total. The maximum Gasteiger partial charge on any atom is 0.248 e. The number of amides is 1. The largest absolute Gasteiger partial charge is 0.497 e. The fourth-order valence-electron chi connectivity index (χ4n) is 1.72. The summed E-state index contributed by atoms with van der Waals surface area (Å²) in [7, 11) is 3.16. The molecule has 0 saturated heterocycles. The highest BCUT2D eigenvalue weighted by Gasteiger charge is 2.01. The standard InChI is InChI=1S/C16H16N2O3/c1-20-14-9-12(10-15(11-14)21-2)3-4-16(19)18-13-5-7-17-8-6-13/h3-11H,1-2H3,(H,17,18,19)/b4-3+. The van der Waals surface area contributed by atoms with Crippen LogP contribution in [0.25, 0.3) is 6.08 Å². The molecule has 0 fully saturated rings. The van der Waals surface area contributed by atoms with E-state index in [-0.39, 0.29) is 5.91 Å². The molecule has 1 aromatic carbocycles. The minimum Gasteiger partial charge on any atom is -0.497 e. The molecule has 0 unspecified atom stereocenters. The Morgan fingerprint density at radius 1 is 1.10 bits per heavy atom. The Kier molecular flexibility index (Phi) is 4.93. The van der Waals surface area contributed by atoms with Gasteiger partial charge in [-0.1, -0.05) is 0 Å². The fraction of sp³-hybridized carbons (Fsp3) is 0.125. The van der Waals surface area contributed by atoms with Crippen LogP contribution in [0.2, 0.25) is 0 Å². The Morgan fingerprint density at radius 2 is 1.71 bits per heavy atom. The van der Waals surface area contributed by atoms with Crippen molar-refractivity contribution in [2.24, 2.45) is 0 Å². The summed E-state index contributed by atoms with van der Waals surface area (Å²) in [4.78, 5) is 15.7. The normalized spacial score (nSPS) is 10.4. The molecule has 2 aromatic rings. The number of nitrogens with one attached hydrogen (secondary N) is 1. The molecule has 0 bridgehead atoms. The van der Waals surface area contributed by atoms with Crippen molar-refractivity contribution in [1.82, 2.24) is 4.98 Å². The molecule has 5 nitrogen and oxygen atoms in total. The molecule has 0 atom stereocenters. The van der Waals surface area contributed by atoms with Crippen molar-refractivity contribution in [2.75, 3.05) is 19.5 Å². The number of pyridine rings is 1. The maximum atomic E-state index is 11.8. The number of nitrogens with zero attached hydrogens (tertiary/aromatic N) is 1. The van der Waals surface area contributed by atoms with Crippen LogP contribution in [0.3, 0.4) is 0 Å². The lowest BCUT2D eigenvalue weighted by Gasteiger charge is -2.06. The highest BCUT2D eigenvalue weighted by atomic mass is 16.5. The van der Waals surface area contributed by atoms with E-state index in [4.69, 9.17) is 9.47 Å². The SMILES string of the molecule is COc1cc(/C=C/C(=O)Nc2ccncc2)cc(OC)c1. The molecule has 0 aliphatic carbocycles. The van der Waals surface area contributed by atoms with E-state index in [1.54, 1.807) is 50.9 Å². The minimum absolute atomic E-state index is 0.219. The zero-order valence-corrected chi connectivity index (χ0v) is 11.9. The van der Waals surface area contributed by atoms with Gasteiger partial charge in [-0.25, -0.2) is 0 Å². The van der Waals surface area contributed by atoms with Crippen molar-refractivity contribution < 1.29 is 14.3 Å². The molecule has 1 aromatic heterocycles. The number of carbonyl (C=O) groups is 1. The van der Waals surface area contributed by atoms with Crippen molar-refractivity contribution in [2.45, 2.75) is 0 Å². The van der Waals surface area contributed by atoms with Crippen LogP contribution < -0.4 is 14.8 Å². The highest BCUT2D eigenvalue weighted by Crippen LogP contribution is 2.23. The van der Waals surface area contributed by atoms with Crippen molar-refractivity contribution in [3.8, 4) is 11.5 Å². The third kappa shape index (κ3) is 4.35. The summed E-state index contributed by atoms with van der Waals surface area (Å²) >= 11 is 0. The number of hydrogen-bond acceptors (Lipinski definition) is 4. The van der Waals surface area contributed by atoms with E-state index in [0.717, 1.165) is 5.56 Å². The van der Waals surface area contributed by atoms with Crippen LogP contribution in [0, 0.1) is 0 Å². The lowest BCUT2D eigenvalue weighted by atomic mass is 10.2. The van der Waals surface area contributed by atoms with Crippen LogP contribution in [0.15, 0.2) is 48.8 Å². The van der Waals surface area contributed by atoms with E-state index in [1.807, 2.05) is 12.1 Å². The van der Waals surface area contributed by atoms with Gasteiger partial charge in [0.2, 0.25) is 5.91 Å². The molecule has 0 spiro atoms.